The lowest BCUT2D eigenvalue weighted by molar-refractivity contribution is -0.0808. The number of methoxy groups -OCH3 is 1. The molecule has 19 heavy (non-hydrogen) atoms. The molecule has 0 bridgehead atoms. The summed E-state index contributed by atoms with van der Waals surface area (Å²) in [6.45, 7) is 7.82. The third-order valence-corrected chi connectivity index (χ3v) is 4.86. The summed E-state index contributed by atoms with van der Waals surface area (Å²) in [5.74, 6) is 1.34. The van der Waals surface area contributed by atoms with E-state index in [0.29, 0.717) is 17.9 Å². The second-order valence-electron chi connectivity index (χ2n) is 6.35. The van der Waals surface area contributed by atoms with Gasteiger partial charge in [0.25, 0.3) is 0 Å². The van der Waals surface area contributed by atoms with Crippen molar-refractivity contribution in [1.82, 2.24) is 4.90 Å². The van der Waals surface area contributed by atoms with E-state index in [1.807, 2.05) is 0 Å². The SMILES string of the molecule is COCC1C[C@@H](C)N(C(O)C(C)C2CCCOC2)C1. The monoisotopic (exact) mass is 271 g/mol. The fourth-order valence-electron chi connectivity index (χ4n) is 3.62. The van der Waals surface area contributed by atoms with Crippen LogP contribution in [0.1, 0.15) is 33.1 Å². The molecule has 5 atom stereocenters. The Labute approximate surface area is 117 Å². The second kappa shape index (κ2) is 7.02. The number of hydrogen-bond donors (Lipinski definition) is 1. The fraction of sp³-hybridized carbons (Fsp3) is 1.00. The molecule has 2 fully saturated rings. The normalized spacial score (nSPS) is 36.3. The van der Waals surface area contributed by atoms with Gasteiger partial charge in [-0.2, -0.15) is 0 Å². The smallest absolute Gasteiger partial charge is 0.110 e. The van der Waals surface area contributed by atoms with Crippen LogP contribution in [0.15, 0.2) is 0 Å². The number of ether oxygens (including phenoxy) is 2. The van der Waals surface area contributed by atoms with Gasteiger partial charge in [0.2, 0.25) is 0 Å². The minimum Gasteiger partial charge on any atom is -0.384 e. The Balaban J connectivity index is 1.89. The zero-order chi connectivity index (χ0) is 13.8. The zero-order valence-electron chi connectivity index (χ0n) is 12.5. The lowest BCUT2D eigenvalue weighted by Crippen LogP contribution is -2.45. The number of hydrogen-bond acceptors (Lipinski definition) is 4. The summed E-state index contributed by atoms with van der Waals surface area (Å²) in [7, 11) is 1.76. The van der Waals surface area contributed by atoms with Crippen LogP contribution < -0.4 is 0 Å². The van der Waals surface area contributed by atoms with E-state index in [-0.39, 0.29) is 12.1 Å². The van der Waals surface area contributed by atoms with Gasteiger partial charge in [0.05, 0.1) is 6.61 Å². The molecular weight excluding hydrogens is 242 g/mol. The van der Waals surface area contributed by atoms with E-state index >= 15 is 0 Å². The molecule has 4 heteroatoms. The molecule has 2 saturated heterocycles. The summed E-state index contributed by atoms with van der Waals surface area (Å²) in [5, 5.41) is 10.7. The van der Waals surface area contributed by atoms with E-state index in [4.69, 9.17) is 9.47 Å². The predicted octanol–water partition coefficient (Wildman–Crippen LogP) is 1.72. The molecular formula is C15H29NO3. The van der Waals surface area contributed by atoms with Gasteiger partial charge < -0.3 is 14.6 Å². The van der Waals surface area contributed by atoms with Crippen molar-refractivity contribution in [2.45, 2.75) is 45.4 Å². The third-order valence-electron chi connectivity index (χ3n) is 4.86. The summed E-state index contributed by atoms with van der Waals surface area (Å²) >= 11 is 0. The minimum atomic E-state index is -0.344. The molecule has 4 nitrogen and oxygen atoms in total. The van der Waals surface area contributed by atoms with Crippen molar-refractivity contribution >= 4 is 0 Å². The molecule has 4 unspecified atom stereocenters. The van der Waals surface area contributed by atoms with E-state index in [9.17, 15) is 5.11 Å². The molecule has 0 aromatic carbocycles. The average molecular weight is 271 g/mol. The molecule has 2 rings (SSSR count). The molecule has 2 heterocycles. The van der Waals surface area contributed by atoms with Gasteiger partial charge in [-0.05, 0) is 38.0 Å². The van der Waals surface area contributed by atoms with Crippen LogP contribution in [-0.2, 0) is 9.47 Å². The Morgan fingerprint density at radius 2 is 2.26 bits per heavy atom. The standard InChI is InChI=1S/C15H29NO3/c1-11-7-13(9-18-3)8-16(11)15(17)12(2)14-5-4-6-19-10-14/h11-15,17H,4-10H2,1-3H3/t11-,12?,13?,14?,15?/m1/s1. The van der Waals surface area contributed by atoms with Crippen molar-refractivity contribution in [3.05, 3.63) is 0 Å². The van der Waals surface area contributed by atoms with Gasteiger partial charge >= 0.3 is 0 Å². The summed E-state index contributed by atoms with van der Waals surface area (Å²) in [4.78, 5) is 2.25. The number of nitrogens with zero attached hydrogens (tertiary/aromatic N) is 1. The van der Waals surface area contributed by atoms with Gasteiger partial charge in [0.15, 0.2) is 0 Å². The Morgan fingerprint density at radius 3 is 2.89 bits per heavy atom. The van der Waals surface area contributed by atoms with E-state index in [2.05, 4.69) is 18.7 Å². The highest BCUT2D eigenvalue weighted by atomic mass is 16.5. The largest absolute Gasteiger partial charge is 0.384 e. The molecule has 1 N–H and O–H groups in total. The van der Waals surface area contributed by atoms with Crippen molar-refractivity contribution in [1.29, 1.82) is 0 Å². The quantitative estimate of drug-likeness (QED) is 0.827. The van der Waals surface area contributed by atoms with Crippen molar-refractivity contribution in [3.63, 3.8) is 0 Å². The van der Waals surface area contributed by atoms with Crippen molar-refractivity contribution in [2.75, 3.05) is 33.5 Å². The van der Waals surface area contributed by atoms with E-state index < -0.39 is 0 Å². The van der Waals surface area contributed by atoms with Gasteiger partial charge in [0.1, 0.15) is 6.23 Å². The maximum atomic E-state index is 10.7. The van der Waals surface area contributed by atoms with Crippen LogP contribution in [0.4, 0.5) is 0 Å². The molecule has 112 valence electrons. The first-order chi connectivity index (χ1) is 9.13. The molecule has 0 aromatic heterocycles. The second-order valence-corrected chi connectivity index (χ2v) is 6.35. The Morgan fingerprint density at radius 1 is 1.47 bits per heavy atom. The highest BCUT2D eigenvalue weighted by Crippen LogP contribution is 2.31. The van der Waals surface area contributed by atoms with Crippen LogP contribution in [0.2, 0.25) is 0 Å². The topological polar surface area (TPSA) is 41.9 Å². The molecule has 0 aromatic rings. The highest BCUT2D eigenvalue weighted by Gasteiger charge is 2.37. The third kappa shape index (κ3) is 3.69. The van der Waals surface area contributed by atoms with Crippen LogP contribution in [0.5, 0.6) is 0 Å². The number of likely N-dealkylation sites (tertiary alicyclic amines) is 1. The number of aliphatic hydroxyl groups is 1. The molecule has 0 amide bonds. The van der Waals surface area contributed by atoms with Gasteiger partial charge in [0, 0.05) is 38.8 Å². The average Bonchev–Trinajstić information content (AvgIpc) is 2.79. The predicted molar refractivity (Wildman–Crippen MR) is 74.9 cm³/mol. The van der Waals surface area contributed by atoms with Gasteiger partial charge in [-0.1, -0.05) is 6.92 Å². The van der Waals surface area contributed by atoms with Crippen LogP contribution in [0.25, 0.3) is 0 Å². The number of rotatable bonds is 5. The summed E-state index contributed by atoms with van der Waals surface area (Å²) < 4.78 is 10.8. The molecule has 2 aliphatic heterocycles. The van der Waals surface area contributed by atoms with Crippen molar-refractivity contribution in [3.8, 4) is 0 Å². The Bertz CT molecular complexity index is 268. The molecule has 0 saturated carbocycles. The first-order valence-corrected chi connectivity index (χ1v) is 7.64. The van der Waals surface area contributed by atoms with Gasteiger partial charge in [-0.3, -0.25) is 4.90 Å². The molecule has 0 aliphatic carbocycles. The molecule has 2 aliphatic rings. The van der Waals surface area contributed by atoms with Crippen LogP contribution in [0, 0.1) is 17.8 Å². The lowest BCUT2D eigenvalue weighted by atomic mass is 9.87. The van der Waals surface area contributed by atoms with Crippen molar-refractivity contribution < 1.29 is 14.6 Å². The maximum Gasteiger partial charge on any atom is 0.110 e. The van der Waals surface area contributed by atoms with E-state index in [1.54, 1.807) is 7.11 Å². The molecule has 0 spiro atoms. The van der Waals surface area contributed by atoms with E-state index in [1.165, 1.54) is 6.42 Å². The fourth-order valence-corrected chi connectivity index (χ4v) is 3.62. The van der Waals surface area contributed by atoms with Gasteiger partial charge in [-0.15, -0.1) is 0 Å². The number of aliphatic hydroxyl groups excluding tert-OH is 1. The Kier molecular flexibility index (Phi) is 5.63. The summed E-state index contributed by atoms with van der Waals surface area (Å²) in [5.41, 5.74) is 0. The first-order valence-electron chi connectivity index (χ1n) is 7.64. The van der Waals surface area contributed by atoms with Crippen molar-refractivity contribution in [2.24, 2.45) is 17.8 Å². The van der Waals surface area contributed by atoms with Gasteiger partial charge in [-0.25, -0.2) is 0 Å². The van der Waals surface area contributed by atoms with E-state index in [0.717, 1.165) is 39.2 Å². The van der Waals surface area contributed by atoms with Crippen LogP contribution >= 0.6 is 0 Å². The zero-order valence-corrected chi connectivity index (χ0v) is 12.5. The summed E-state index contributed by atoms with van der Waals surface area (Å²) in [6.07, 6.45) is 3.09. The van der Waals surface area contributed by atoms with Crippen LogP contribution in [0.3, 0.4) is 0 Å². The summed E-state index contributed by atoms with van der Waals surface area (Å²) in [6, 6.07) is 0.446. The maximum absolute atomic E-state index is 10.7. The molecule has 0 radical (unpaired) electrons. The highest BCUT2D eigenvalue weighted by molar-refractivity contribution is 4.87. The Hall–Kier alpha value is -0.160. The van der Waals surface area contributed by atoms with Crippen LogP contribution in [-0.4, -0.2) is 55.8 Å². The minimum absolute atomic E-state index is 0.282. The lowest BCUT2D eigenvalue weighted by Gasteiger charge is -2.37. The first kappa shape index (κ1) is 15.2.